The number of benzene rings is 1. The van der Waals surface area contributed by atoms with Gasteiger partial charge in [-0.05, 0) is 12.1 Å². The van der Waals surface area contributed by atoms with E-state index in [0.717, 1.165) is 5.69 Å². The number of amides is 2. The smallest absolute Gasteiger partial charge is 0.253 e. The van der Waals surface area contributed by atoms with Gasteiger partial charge in [0.2, 0.25) is 5.91 Å². The lowest BCUT2D eigenvalue weighted by Gasteiger charge is -2.16. The molecule has 0 aromatic heterocycles. The van der Waals surface area contributed by atoms with Gasteiger partial charge in [-0.15, -0.1) is 0 Å². The van der Waals surface area contributed by atoms with Crippen LogP contribution in [0.15, 0.2) is 24.3 Å². The number of para-hydroxylation sites is 1. The number of carbonyl (C=O) groups is 2. The lowest BCUT2D eigenvalue weighted by Crippen LogP contribution is -2.34. The minimum Gasteiger partial charge on any atom is -0.377 e. The second-order valence-corrected chi connectivity index (χ2v) is 4.15. The topological polar surface area (TPSA) is 61.4 Å². The Kier molecular flexibility index (Phi) is 5.17. The molecule has 0 fully saturated rings. The van der Waals surface area contributed by atoms with E-state index in [1.54, 1.807) is 6.07 Å². The Bertz CT molecular complexity index is 430. The summed E-state index contributed by atoms with van der Waals surface area (Å²) in [5.41, 5.74) is 1.50. The number of anilines is 1. The first-order chi connectivity index (χ1) is 8.52. The molecular weight excluding hydrogens is 230 g/mol. The average molecular weight is 249 g/mol. The molecule has 2 N–H and O–H groups in total. The fraction of sp³-hybridized carbons (Fsp3) is 0.385. The van der Waals surface area contributed by atoms with Crippen LogP contribution in [0.5, 0.6) is 0 Å². The molecule has 18 heavy (non-hydrogen) atoms. The molecule has 0 unspecified atom stereocenters. The van der Waals surface area contributed by atoms with E-state index in [1.807, 2.05) is 37.2 Å². The summed E-state index contributed by atoms with van der Waals surface area (Å²) in [6.07, 6.45) is 0. The van der Waals surface area contributed by atoms with Gasteiger partial charge in [0.1, 0.15) is 0 Å². The summed E-state index contributed by atoms with van der Waals surface area (Å²) in [5, 5.41) is 5.39. The van der Waals surface area contributed by atoms with E-state index in [1.165, 1.54) is 6.92 Å². The van der Waals surface area contributed by atoms with Crippen molar-refractivity contribution >= 4 is 17.5 Å². The van der Waals surface area contributed by atoms with Crippen molar-refractivity contribution in [1.82, 2.24) is 10.6 Å². The number of nitrogens with one attached hydrogen (secondary N) is 2. The van der Waals surface area contributed by atoms with Gasteiger partial charge in [0.25, 0.3) is 5.91 Å². The van der Waals surface area contributed by atoms with Crippen LogP contribution in [0.25, 0.3) is 0 Å². The zero-order valence-corrected chi connectivity index (χ0v) is 11.0. The summed E-state index contributed by atoms with van der Waals surface area (Å²) in [5.74, 6) is -0.234. The second kappa shape index (κ2) is 6.64. The number of hydrogen-bond acceptors (Lipinski definition) is 3. The van der Waals surface area contributed by atoms with E-state index in [0.29, 0.717) is 18.7 Å². The Morgan fingerprint density at radius 3 is 2.33 bits per heavy atom. The number of nitrogens with zero attached hydrogens (tertiary/aromatic N) is 1. The largest absolute Gasteiger partial charge is 0.377 e. The third kappa shape index (κ3) is 4.08. The highest BCUT2D eigenvalue weighted by molar-refractivity contribution is 5.99. The molecule has 1 rings (SSSR count). The molecular formula is C13H19N3O2. The van der Waals surface area contributed by atoms with Crippen LogP contribution in [-0.4, -0.2) is 39.0 Å². The fourth-order valence-electron chi connectivity index (χ4n) is 1.57. The summed E-state index contributed by atoms with van der Waals surface area (Å²) in [7, 11) is 3.78. The van der Waals surface area contributed by atoms with Crippen molar-refractivity contribution in [2.45, 2.75) is 6.92 Å². The van der Waals surface area contributed by atoms with Gasteiger partial charge in [-0.3, -0.25) is 9.59 Å². The van der Waals surface area contributed by atoms with E-state index in [-0.39, 0.29) is 11.8 Å². The van der Waals surface area contributed by atoms with Crippen molar-refractivity contribution in [2.75, 3.05) is 32.1 Å². The molecule has 0 aliphatic carbocycles. The van der Waals surface area contributed by atoms with Gasteiger partial charge in [-0.25, -0.2) is 0 Å². The predicted octanol–water partition coefficient (Wildman–Crippen LogP) is 0.618. The highest BCUT2D eigenvalue weighted by atomic mass is 16.2. The van der Waals surface area contributed by atoms with Gasteiger partial charge in [0.05, 0.1) is 5.56 Å². The predicted molar refractivity (Wildman–Crippen MR) is 71.8 cm³/mol. The summed E-state index contributed by atoms with van der Waals surface area (Å²) in [6.45, 7) is 2.30. The molecule has 5 nitrogen and oxygen atoms in total. The molecule has 0 saturated heterocycles. The van der Waals surface area contributed by atoms with Crippen LogP contribution < -0.4 is 15.5 Å². The van der Waals surface area contributed by atoms with Crippen LogP contribution in [0.1, 0.15) is 17.3 Å². The Morgan fingerprint density at radius 1 is 1.11 bits per heavy atom. The third-order valence-corrected chi connectivity index (χ3v) is 2.41. The summed E-state index contributed by atoms with van der Waals surface area (Å²) >= 11 is 0. The lowest BCUT2D eigenvalue weighted by atomic mass is 10.1. The molecule has 0 atom stereocenters. The molecule has 2 amide bonds. The van der Waals surface area contributed by atoms with E-state index in [4.69, 9.17) is 0 Å². The standard InChI is InChI=1S/C13H19N3O2/c1-10(17)14-8-9-15-13(18)11-6-4-5-7-12(11)16(2)3/h4-7H,8-9H2,1-3H3,(H,14,17)(H,15,18). The molecule has 0 heterocycles. The molecule has 0 aliphatic rings. The first-order valence-electron chi connectivity index (χ1n) is 5.81. The summed E-state index contributed by atoms with van der Waals surface area (Å²) in [6, 6.07) is 7.39. The summed E-state index contributed by atoms with van der Waals surface area (Å²) < 4.78 is 0. The van der Waals surface area contributed by atoms with Crippen molar-refractivity contribution in [3.8, 4) is 0 Å². The van der Waals surface area contributed by atoms with Gasteiger partial charge in [-0.2, -0.15) is 0 Å². The Morgan fingerprint density at radius 2 is 1.72 bits per heavy atom. The van der Waals surface area contributed by atoms with Crippen molar-refractivity contribution in [2.24, 2.45) is 0 Å². The molecule has 0 radical (unpaired) electrons. The first-order valence-corrected chi connectivity index (χ1v) is 5.81. The maximum absolute atomic E-state index is 12.0. The maximum atomic E-state index is 12.0. The number of carbonyl (C=O) groups excluding carboxylic acids is 2. The molecule has 0 spiro atoms. The van der Waals surface area contributed by atoms with Crippen molar-refractivity contribution in [1.29, 1.82) is 0 Å². The van der Waals surface area contributed by atoms with Crippen LogP contribution in [0.4, 0.5) is 5.69 Å². The molecule has 1 aromatic carbocycles. The van der Waals surface area contributed by atoms with Crippen LogP contribution >= 0.6 is 0 Å². The van der Waals surface area contributed by atoms with Crippen molar-refractivity contribution in [3.63, 3.8) is 0 Å². The SMILES string of the molecule is CC(=O)NCCNC(=O)c1ccccc1N(C)C. The highest BCUT2D eigenvalue weighted by Gasteiger charge is 2.11. The second-order valence-electron chi connectivity index (χ2n) is 4.15. The van der Waals surface area contributed by atoms with Crippen LogP contribution in [0.3, 0.4) is 0 Å². The minimum atomic E-state index is -0.135. The minimum absolute atomic E-state index is 0.0991. The summed E-state index contributed by atoms with van der Waals surface area (Å²) in [4.78, 5) is 24.5. The zero-order chi connectivity index (χ0) is 13.5. The van der Waals surface area contributed by atoms with E-state index in [9.17, 15) is 9.59 Å². The van der Waals surface area contributed by atoms with Crippen molar-refractivity contribution < 1.29 is 9.59 Å². The zero-order valence-electron chi connectivity index (χ0n) is 11.0. The van der Waals surface area contributed by atoms with E-state index in [2.05, 4.69) is 10.6 Å². The Hall–Kier alpha value is -2.04. The molecule has 1 aromatic rings. The van der Waals surface area contributed by atoms with Gasteiger partial charge in [0, 0.05) is 39.8 Å². The Labute approximate surface area is 107 Å². The monoisotopic (exact) mass is 249 g/mol. The van der Waals surface area contributed by atoms with E-state index >= 15 is 0 Å². The maximum Gasteiger partial charge on any atom is 0.253 e. The first kappa shape index (κ1) is 14.0. The fourth-order valence-corrected chi connectivity index (χ4v) is 1.57. The van der Waals surface area contributed by atoms with Gasteiger partial charge < -0.3 is 15.5 Å². The average Bonchev–Trinajstić information content (AvgIpc) is 2.34. The van der Waals surface area contributed by atoms with Gasteiger partial charge in [0.15, 0.2) is 0 Å². The van der Waals surface area contributed by atoms with Crippen LogP contribution in [-0.2, 0) is 4.79 Å². The molecule has 5 heteroatoms. The normalized spacial score (nSPS) is 9.72. The molecule has 0 aliphatic heterocycles. The highest BCUT2D eigenvalue weighted by Crippen LogP contribution is 2.17. The lowest BCUT2D eigenvalue weighted by molar-refractivity contribution is -0.118. The van der Waals surface area contributed by atoms with Gasteiger partial charge >= 0.3 is 0 Å². The third-order valence-electron chi connectivity index (χ3n) is 2.41. The van der Waals surface area contributed by atoms with Crippen LogP contribution in [0, 0.1) is 0 Å². The molecule has 0 saturated carbocycles. The van der Waals surface area contributed by atoms with Crippen molar-refractivity contribution in [3.05, 3.63) is 29.8 Å². The quantitative estimate of drug-likeness (QED) is 0.752. The Balaban J connectivity index is 2.59. The molecule has 98 valence electrons. The van der Waals surface area contributed by atoms with Gasteiger partial charge in [-0.1, -0.05) is 12.1 Å². The number of rotatable bonds is 5. The molecule has 0 bridgehead atoms. The number of hydrogen-bond donors (Lipinski definition) is 2. The van der Waals surface area contributed by atoms with E-state index < -0.39 is 0 Å². The van der Waals surface area contributed by atoms with Crippen LogP contribution in [0.2, 0.25) is 0 Å².